The molecule has 0 aliphatic heterocycles. The normalized spacial score (nSPS) is 15.8. The Morgan fingerprint density at radius 2 is 2.00 bits per heavy atom. The molecule has 0 saturated heterocycles. The third-order valence-corrected chi connectivity index (χ3v) is 7.05. The molecule has 1 fully saturated rings. The molecule has 2 heterocycles. The summed E-state index contributed by atoms with van der Waals surface area (Å²) in [5.74, 6) is -0.903. The van der Waals surface area contributed by atoms with E-state index in [0.29, 0.717) is 11.7 Å². The number of hydrogen-bond donors (Lipinski definition) is 2. The first-order valence-electron chi connectivity index (χ1n) is 9.24. The number of thioether (sulfide) groups is 1. The Hall–Kier alpha value is -2.13. The minimum Gasteiger partial charge on any atom is -0.481 e. The number of carbonyl (C=O) groups excluding carboxylic acids is 1. The number of rotatable bonds is 7. The number of aromatic nitrogens is 2. The summed E-state index contributed by atoms with van der Waals surface area (Å²) in [4.78, 5) is 34.1. The number of carboxylic acid groups (broad SMARTS) is 1. The van der Waals surface area contributed by atoms with Crippen molar-refractivity contribution in [2.24, 2.45) is 0 Å². The molecule has 0 radical (unpaired) electrons. The van der Waals surface area contributed by atoms with Gasteiger partial charge >= 0.3 is 12.0 Å². The number of aliphatic carboxylic acids is 1. The fourth-order valence-electron chi connectivity index (χ4n) is 3.44. The maximum Gasteiger partial charge on any atom is 0.324 e. The van der Waals surface area contributed by atoms with Gasteiger partial charge in [0.05, 0.1) is 16.2 Å². The molecule has 2 aromatic heterocycles. The lowest BCUT2D eigenvalue weighted by Gasteiger charge is -2.44. The van der Waals surface area contributed by atoms with E-state index >= 15 is 0 Å². The number of thiazole rings is 1. The Kier molecular flexibility index (Phi) is 6.90. The van der Waals surface area contributed by atoms with Crippen LogP contribution in [0, 0.1) is 0 Å². The largest absolute Gasteiger partial charge is 0.481 e. The number of pyridine rings is 1. The Bertz CT molecular complexity index is 807. The van der Waals surface area contributed by atoms with E-state index in [2.05, 4.69) is 22.2 Å². The smallest absolute Gasteiger partial charge is 0.324 e. The van der Waals surface area contributed by atoms with Gasteiger partial charge in [0.2, 0.25) is 0 Å². The highest BCUT2D eigenvalue weighted by atomic mass is 32.2. The van der Waals surface area contributed by atoms with Crippen molar-refractivity contribution >= 4 is 40.2 Å². The maximum absolute atomic E-state index is 13.2. The highest BCUT2D eigenvalue weighted by Gasteiger charge is 2.36. The molecular weight excluding hydrogens is 396 g/mol. The third kappa shape index (κ3) is 5.45. The van der Waals surface area contributed by atoms with Crippen molar-refractivity contribution in [3.8, 4) is 0 Å². The molecule has 9 heteroatoms. The predicted octanol–water partition coefficient (Wildman–Crippen LogP) is 4.47. The molecule has 1 aliphatic rings. The first kappa shape index (κ1) is 20.6. The summed E-state index contributed by atoms with van der Waals surface area (Å²) in [6, 6.07) is 3.68. The molecule has 1 aliphatic carbocycles. The average Bonchev–Trinajstić information content (AvgIpc) is 3.13. The first-order chi connectivity index (χ1) is 13.5. The molecule has 3 rings (SSSR count). The van der Waals surface area contributed by atoms with Crippen LogP contribution in [-0.4, -0.2) is 43.3 Å². The van der Waals surface area contributed by atoms with Gasteiger partial charge in [-0.05, 0) is 37.5 Å². The third-order valence-electron chi connectivity index (χ3n) is 4.95. The van der Waals surface area contributed by atoms with Gasteiger partial charge in [-0.2, -0.15) is 0 Å². The van der Waals surface area contributed by atoms with Crippen LogP contribution < -0.4 is 5.32 Å². The number of anilines is 1. The van der Waals surface area contributed by atoms with Crippen molar-refractivity contribution in [1.29, 1.82) is 0 Å². The molecule has 2 N–H and O–H groups in total. The van der Waals surface area contributed by atoms with Crippen molar-refractivity contribution in [1.82, 2.24) is 14.9 Å². The lowest BCUT2D eigenvalue weighted by Crippen LogP contribution is -2.52. The molecule has 0 atom stereocenters. The van der Waals surface area contributed by atoms with Gasteiger partial charge in [0.25, 0.3) is 0 Å². The van der Waals surface area contributed by atoms with Gasteiger partial charge in [-0.3, -0.25) is 15.1 Å². The standard InChI is InChI=1S/C19H24N4O3S2/c1-19(7-3-2-4-8-19)23(12-14-5-9-20-10-6-14)18(26)22-17-21-11-16(28-17)27-13-15(24)25/h5-6,9-11H,2-4,7-8,12-13H2,1H3,(H,24,25)(H,21,22,26). The summed E-state index contributed by atoms with van der Waals surface area (Å²) in [7, 11) is 0. The fraction of sp³-hybridized carbons (Fsp3) is 0.474. The van der Waals surface area contributed by atoms with E-state index in [-0.39, 0.29) is 17.3 Å². The second-order valence-corrected chi connectivity index (χ2v) is 9.40. The topological polar surface area (TPSA) is 95.4 Å². The molecule has 0 bridgehead atoms. The number of nitrogens with one attached hydrogen (secondary N) is 1. The van der Waals surface area contributed by atoms with Gasteiger partial charge < -0.3 is 10.0 Å². The summed E-state index contributed by atoms with van der Waals surface area (Å²) in [5.41, 5.74) is 0.831. The van der Waals surface area contributed by atoms with Gasteiger partial charge in [0.15, 0.2) is 5.13 Å². The van der Waals surface area contributed by atoms with E-state index in [1.165, 1.54) is 29.5 Å². The first-order valence-corrected chi connectivity index (χ1v) is 11.0. The second kappa shape index (κ2) is 9.38. The summed E-state index contributed by atoms with van der Waals surface area (Å²) in [5, 5.41) is 12.2. The lowest BCUT2D eigenvalue weighted by molar-refractivity contribution is -0.133. The zero-order valence-corrected chi connectivity index (χ0v) is 17.4. The van der Waals surface area contributed by atoms with Crippen molar-refractivity contribution in [2.45, 2.75) is 55.3 Å². The number of amides is 2. The lowest BCUT2D eigenvalue weighted by atomic mass is 9.81. The zero-order valence-electron chi connectivity index (χ0n) is 15.8. The summed E-state index contributed by atoms with van der Waals surface area (Å²) < 4.78 is 0.766. The Balaban J connectivity index is 1.73. The number of carbonyl (C=O) groups is 2. The van der Waals surface area contributed by atoms with Crippen LogP contribution in [0.3, 0.4) is 0 Å². The average molecular weight is 421 g/mol. The number of hydrogen-bond acceptors (Lipinski definition) is 6. The Labute approximate surface area is 172 Å². The molecule has 0 spiro atoms. The van der Waals surface area contributed by atoms with Crippen LogP contribution in [-0.2, 0) is 11.3 Å². The van der Waals surface area contributed by atoms with Gasteiger partial charge in [0.1, 0.15) is 0 Å². The Morgan fingerprint density at radius 3 is 2.68 bits per heavy atom. The van der Waals surface area contributed by atoms with Crippen LogP contribution in [0.15, 0.2) is 34.9 Å². The minimum absolute atomic E-state index is 0.0260. The van der Waals surface area contributed by atoms with E-state index in [0.717, 1.165) is 35.5 Å². The number of urea groups is 1. The molecule has 1 saturated carbocycles. The summed E-state index contributed by atoms with van der Waals surface area (Å²) in [6.45, 7) is 2.67. The molecule has 28 heavy (non-hydrogen) atoms. The summed E-state index contributed by atoms with van der Waals surface area (Å²) >= 11 is 2.49. The van der Waals surface area contributed by atoms with Crippen LogP contribution >= 0.6 is 23.1 Å². The predicted molar refractivity (Wildman–Crippen MR) is 111 cm³/mol. The van der Waals surface area contributed by atoms with E-state index in [1.54, 1.807) is 18.6 Å². The van der Waals surface area contributed by atoms with Gasteiger partial charge in [-0.25, -0.2) is 9.78 Å². The van der Waals surface area contributed by atoms with Crippen LogP contribution in [0.5, 0.6) is 0 Å². The monoisotopic (exact) mass is 420 g/mol. The van der Waals surface area contributed by atoms with Gasteiger partial charge in [-0.1, -0.05) is 30.6 Å². The van der Waals surface area contributed by atoms with Crippen molar-refractivity contribution in [3.05, 3.63) is 36.3 Å². The van der Waals surface area contributed by atoms with Crippen LogP contribution in [0.2, 0.25) is 0 Å². The van der Waals surface area contributed by atoms with Crippen LogP contribution in [0.25, 0.3) is 0 Å². The van der Waals surface area contributed by atoms with Crippen LogP contribution in [0.1, 0.15) is 44.6 Å². The molecule has 150 valence electrons. The van der Waals surface area contributed by atoms with Crippen molar-refractivity contribution in [3.63, 3.8) is 0 Å². The molecule has 7 nitrogen and oxygen atoms in total. The number of nitrogens with zero attached hydrogens (tertiary/aromatic N) is 3. The molecule has 2 aromatic rings. The van der Waals surface area contributed by atoms with Gasteiger partial charge in [0, 0.05) is 24.5 Å². The number of carboxylic acids is 1. The van der Waals surface area contributed by atoms with E-state index < -0.39 is 5.97 Å². The highest BCUT2D eigenvalue weighted by Crippen LogP contribution is 2.35. The quantitative estimate of drug-likeness (QED) is 0.642. The minimum atomic E-state index is -0.877. The molecule has 0 aromatic carbocycles. The zero-order chi connectivity index (χ0) is 20.0. The summed E-state index contributed by atoms with van der Waals surface area (Å²) in [6.07, 6.45) is 10.5. The fourth-order valence-corrected chi connectivity index (χ4v) is 5.02. The second-order valence-electron chi connectivity index (χ2n) is 7.10. The Morgan fingerprint density at radius 1 is 1.29 bits per heavy atom. The highest BCUT2D eigenvalue weighted by molar-refractivity contribution is 8.01. The van der Waals surface area contributed by atoms with E-state index in [1.807, 2.05) is 17.0 Å². The maximum atomic E-state index is 13.2. The SMILES string of the molecule is CC1(N(Cc2ccncc2)C(=O)Nc2ncc(SCC(=O)O)s2)CCCCC1. The van der Waals surface area contributed by atoms with E-state index in [9.17, 15) is 9.59 Å². The molecule has 2 amide bonds. The van der Waals surface area contributed by atoms with Crippen molar-refractivity contribution in [2.75, 3.05) is 11.1 Å². The van der Waals surface area contributed by atoms with Gasteiger partial charge in [-0.15, -0.1) is 11.8 Å². The van der Waals surface area contributed by atoms with Crippen molar-refractivity contribution < 1.29 is 14.7 Å². The molecular formula is C19H24N4O3S2. The van der Waals surface area contributed by atoms with Crippen LogP contribution in [0.4, 0.5) is 9.93 Å². The van der Waals surface area contributed by atoms with E-state index in [4.69, 9.17) is 5.11 Å². The molecule has 0 unspecified atom stereocenters.